The van der Waals surface area contributed by atoms with Crippen molar-refractivity contribution in [3.8, 4) is 0 Å². The number of fused-ring (bicyclic) bond motifs is 1. The Morgan fingerprint density at radius 1 is 1.57 bits per heavy atom. The lowest BCUT2D eigenvalue weighted by atomic mass is 10.2. The molecule has 1 aromatic heterocycles. The van der Waals surface area contributed by atoms with Crippen LogP contribution < -0.4 is 0 Å². The average molecular weight is 309 g/mol. The number of hydrogen-bond donors (Lipinski definition) is 1. The SMILES string of the molecule is CN1CCC(n2c(SCC(=O)O)nc3cc(F)ccc32)C1. The number of carbonyl (C=O) groups is 1. The molecule has 1 aliphatic heterocycles. The van der Waals surface area contributed by atoms with Crippen molar-refractivity contribution >= 4 is 28.8 Å². The summed E-state index contributed by atoms with van der Waals surface area (Å²) in [6.07, 6.45) is 0.986. The first-order valence-corrected chi connectivity index (χ1v) is 7.74. The van der Waals surface area contributed by atoms with Crippen molar-refractivity contribution < 1.29 is 14.3 Å². The van der Waals surface area contributed by atoms with Crippen LogP contribution in [0.3, 0.4) is 0 Å². The van der Waals surface area contributed by atoms with Gasteiger partial charge in [-0.15, -0.1) is 0 Å². The Bertz CT molecular complexity index is 688. The predicted molar refractivity (Wildman–Crippen MR) is 79.2 cm³/mol. The number of aliphatic carboxylic acids is 1. The number of likely N-dealkylation sites (tertiary alicyclic amines) is 1. The molecule has 7 heteroatoms. The van der Waals surface area contributed by atoms with Gasteiger partial charge >= 0.3 is 5.97 Å². The van der Waals surface area contributed by atoms with Crippen LogP contribution in [0.4, 0.5) is 4.39 Å². The molecular formula is C14H16FN3O2S. The summed E-state index contributed by atoms with van der Waals surface area (Å²) in [4.78, 5) is 17.4. The van der Waals surface area contributed by atoms with Crippen molar-refractivity contribution in [2.75, 3.05) is 25.9 Å². The number of hydrogen-bond acceptors (Lipinski definition) is 4. The Balaban J connectivity index is 2.04. The minimum absolute atomic E-state index is 0.0473. The zero-order valence-corrected chi connectivity index (χ0v) is 12.4. The first-order chi connectivity index (χ1) is 10.0. The number of carboxylic acid groups (broad SMARTS) is 1. The van der Waals surface area contributed by atoms with Crippen LogP contribution in [0, 0.1) is 5.82 Å². The number of carboxylic acids is 1. The molecule has 0 saturated carbocycles. The summed E-state index contributed by atoms with van der Waals surface area (Å²) in [5.41, 5.74) is 1.45. The monoisotopic (exact) mass is 309 g/mol. The van der Waals surface area contributed by atoms with E-state index in [0.717, 1.165) is 25.0 Å². The van der Waals surface area contributed by atoms with Gasteiger partial charge in [0.1, 0.15) is 5.82 Å². The topological polar surface area (TPSA) is 58.4 Å². The standard InChI is InChI=1S/C14H16FN3O2S/c1-17-5-4-10(7-17)18-12-3-2-9(15)6-11(12)16-14(18)21-8-13(19)20/h2-3,6,10H,4-5,7-8H2,1H3,(H,19,20). The van der Waals surface area contributed by atoms with Crippen molar-refractivity contribution in [1.82, 2.24) is 14.5 Å². The summed E-state index contributed by atoms with van der Waals surface area (Å²) < 4.78 is 15.4. The van der Waals surface area contributed by atoms with E-state index in [9.17, 15) is 9.18 Å². The lowest BCUT2D eigenvalue weighted by molar-refractivity contribution is -0.133. The molecule has 3 rings (SSSR count). The lowest BCUT2D eigenvalue weighted by Crippen LogP contribution is -2.17. The third-order valence-electron chi connectivity index (χ3n) is 3.68. The number of benzene rings is 1. The Kier molecular flexibility index (Phi) is 3.86. The molecule has 2 heterocycles. The molecule has 5 nitrogen and oxygen atoms in total. The molecule has 0 bridgehead atoms. The van der Waals surface area contributed by atoms with Gasteiger partial charge < -0.3 is 14.6 Å². The molecule has 1 N–H and O–H groups in total. The molecule has 112 valence electrons. The minimum atomic E-state index is -0.881. The van der Waals surface area contributed by atoms with Crippen molar-refractivity contribution in [2.24, 2.45) is 0 Å². The maximum atomic E-state index is 13.4. The van der Waals surface area contributed by atoms with Crippen LogP contribution in [-0.2, 0) is 4.79 Å². The average Bonchev–Trinajstić information content (AvgIpc) is 2.98. The second kappa shape index (κ2) is 5.65. The van der Waals surface area contributed by atoms with Crippen LogP contribution in [0.5, 0.6) is 0 Å². The molecule has 21 heavy (non-hydrogen) atoms. The maximum Gasteiger partial charge on any atom is 0.313 e. The van der Waals surface area contributed by atoms with E-state index in [1.165, 1.54) is 23.9 Å². The molecule has 0 spiro atoms. The van der Waals surface area contributed by atoms with Crippen molar-refractivity contribution in [1.29, 1.82) is 0 Å². The zero-order valence-electron chi connectivity index (χ0n) is 11.6. The normalized spacial score (nSPS) is 19.4. The number of imidazole rings is 1. The summed E-state index contributed by atoms with van der Waals surface area (Å²) in [6, 6.07) is 4.79. The van der Waals surface area contributed by atoms with E-state index < -0.39 is 5.97 Å². The van der Waals surface area contributed by atoms with Crippen LogP contribution >= 0.6 is 11.8 Å². The Morgan fingerprint density at radius 2 is 2.38 bits per heavy atom. The van der Waals surface area contributed by atoms with Gasteiger partial charge in [-0.25, -0.2) is 9.37 Å². The summed E-state index contributed by atoms with van der Waals surface area (Å²) in [5.74, 6) is -1.26. The number of thioether (sulfide) groups is 1. The summed E-state index contributed by atoms with van der Waals surface area (Å²) in [5, 5.41) is 9.52. The van der Waals surface area contributed by atoms with Gasteiger partial charge in [0.15, 0.2) is 5.16 Å². The highest BCUT2D eigenvalue weighted by atomic mass is 32.2. The molecule has 1 aromatic carbocycles. The van der Waals surface area contributed by atoms with E-state index in [0.29, 0.717) is 10.7 Å². The minimum Gasteiger partial charge on any atom is -0.481 e. The molecule has 0 radical (unpaired) electrons. The van der Waals surface area contributed by atoms with Gasteiger partial charge in [-0.2, -0.15) is 0 Å². The van der Waals surface area contributed by atoms with Crippen LogP contribution in [0.25, 0.3) is 11.0 Å². The van der Waals surface area contributed by atoms with Crippen LogP contribution in [-0.4, -0.2) is 51.4 Å². The quantitative estimate of drug-likeness (QED) is 0.878. The van der Waals surface area contributed by atoms with E-state index >= 15 is 0 Å². The largest absolute Gasteiger partial charge is 0.481 e. The molecule has 0 amide bonds. The van der Waals surface area contributed by atoms with Crippen molar-refractivity contribution in [3.05, 3.63) is 24.0 Å². The van der Waals surface area contributed by atoms with E-state index in [1.807, 2.05) is 0 Å². The predicted octanol–water partition coefficient (Wildman–Crippen LogP) is 2.23. The molecular weight excluding hydrogens is 293 g/mol. The molecule has 1 saturated heterocycles. The van der Waals surface area contributed by atoms with Crippen LogP contribution in [0.2, 0.25) is 0 Å². The third-order valence-corrected chi connectivity index (χ3v) is 4.61. The Hall–Kier alpha value is -1.60. The number of likely N-dealkylation sites (N-methyl/N-ethyl adjacent to an activating group) is 1. The van der Waals surface area contributed by atoms with E-state index in [-0.39, 0.29) is 17.6 Å². The molecule has 1 aliphatic rings. The van der Waals surface area contributed by atoms with Crippen molar-refractivity contribution in [2.45, 2.75) is 17.6 Å². The molecule has 1 fully saturated rings. The first-order valence-electron chi connectivity index (χ1n) is 6.75. The fourth-order valence-corrected chi connectivity index (χ4v) is 3.56. The van der Waals surface area contributed by atoms with Gasteiger partial charge in [-0.05, 0) is 32.1 Å². The molecule has 1 unspecified atom stereocenters. The van der Waals surface area contributed by atoms with Gasteiger partial charge in [0, 0.05) is 12.6 Å². The first kappa shape index (κ1) is 14.3. The van der Waals surface area contributed by atoms with Gasteiger partial charge in [0.2, 0.25) is 0 Å². The van der Waals surface area contributed by atoms with E-state index in [1.54, 1.807) is 6.07 Å². The second-order valence-corrected chi connectivity index (χ2v) is 6.23. The molecule has 2 aromatic rings. The second-order valence-electron chi connectivity index (χ2n) is 5.28. The fraction of sp³-hybridized carbons (Fsp3) is 0.429. The third kappa shape index (κ3) is 2.89. The maximum absolute atomic E-state index is 13.4. The highest BCUT2D eigenvalue weighted by Gasteiger charge is 2.26. The number of nitrogens with zero attached hydrogens (tertiary/aromatic N) is 3. The summed E-state index contributed by atoms with van der Waals surface area (Å²) in [6.45, 7) is 1.89. The van der Waals surface area contributed by atoms with Crippen molar-refractivity contribution in [3.63, 3.8) is 0 Å². The highest BCUT2D eigenvalue weighted by Crippen LogP contribution is 2.32. The Labute approximate surface area is 125 Å². The van der Waals surface area contributed by atoms with Gasteiger partial charge in [0.25, 0.3) is 0 Å². The number of halogens is 1. The van der Waals surface area contributed by atoms with E-state index in [2.05, 4.69) is 21.5 Å². The van der Waals surface area contributed by atoms with E-state index in [4.69, 9.17) is 5.11 Å². The van der Waals surface area contributed by atoms with Gasteiger partial charge in [-0.3, -0.25) is 4.79 Å². The number of rotatable bonds is 4. The van der Waals surface area contributed by atoms with Crippen LogP contribution in [0.1, 0.15) is 12.5 Å². The lowest BCUT2D eigenvalue weighted by Gasteiger charge is -2.16. The van der Waals surface area contributed by atoms with Crippen LogP contribution in [0.15, 0.2) is 23.4 Å². The smallest absolute Gasteiger partial charge is 0.313 e. The Morgan fingerprint density at radius 3 is 3.05 bits per heavy atom. The summed E-state index contributed by atoms with van der Waals surface area (Å²) in [7, 11) is 2.06. The van der Waals surface area contributed by atoms with Gasteiger partial charge in [-0.1, -0.05) is 11.8 Å². The zero-order chi connectivity index (χ0) is 15.0. The highest BCUT2D eigenvalue weighted by molar-refractivity contribution is 7.99. The molecule has 0 aliphatic carbocycles. The number of aromatic nitrogens is 2. The molecule has 1 atom stereocenters. The summed E-state index contributed by atoms with van der Waals surface area (Å²) >= 11 is 1.19. The fourth-order valence-electron chi connectivity index (χ4n) is 2.75. The van der Waals surface area contributed by atoms with Gasteiger partial charge in [0.05, 0.1) is 22.8 Å².